The van der Waals surface area contributed by atoms with E-state index in [1.54, 1.807) is 6.92 Å². The van der Waals surface area contributed by atoms with Crippen LogP contribution in [-0.2, 0) is 9.59 Å². The maximum absolute atomic E-state index is 13.2. The first-order valence-electron chi connectivity index (χ1n) is 5.54. The first kappa shape index (κ1) is 14.9. The molecule has 2 N–H and O–H groups in total. The molecule has 0 bridgehead atoms. The van der Waals surface area contributed by atoms with Crippen LogP contribution in [0.25, 0.3) is 0 Å². The standard InChI is InChI=1S/C12H13F2NO4/c1-2-9(12(17)18)15-11(16)6-19-10-4-3-7(13)5-8(10)14/h3-5,9H,2,6H2,1H3,(H,15,16)(H,17,18). The minimum atomic E-state index is -1.16. The zero-order valence-corrected chi connectivity index (χ0v) is 10.2. The Labute approximate surface area is 108 Å². The second-order valence-electron chi connectivity index (χ2n) is 3.73. The Bertz CT molecular complexity index is 479. The van der Waals surface area contributed by atoms with E-state index in [2.05, 4.69) is 5.32 Å². The van der Waals surface area contributed by atoms with E-state index in [0.29, 0.717) is 6.07 Å². The SMILES string of the molecule is CCC(NC(=O)COc1ccc(F)cc1F)C(=O)O. The number of rotatable bonds is 6. The molecule has 5 nitrogen and oxygen atoms in total. The second-order valence-corrected chi connectivity index (χ2v) is 3.73. The Balaban J connectivity index is 2.52. The topological polar surface area (TPSA) is 75.6 Å². The number of hydrogen-bond donors (Lipinski definition) is 2. The van der Waals surface area contributed by atoms with Gasteiger partial charge in [-0.1, -0.05) is 6.92 Å². The fourth-order valence-electron chi connectivity index (χ4n) is 1.31. The summed E-state index contributed by atoms with van der Waals surface area (Å²) in [6, 6.07) is 1.64. The monoisotopic (exact) mass is 273 g/mol. The lowest BCUT2D eigenvalue weighted by molar-refractivity contribution is -0.142. The number of carbonyl (C=O) groups excluding carboxylic acids is 1. The third-order valence-corrected chi connectivity index (χ3v) is 2.29. The van der Waals surface area contributed by atoms with Crippen LogP contribution in [0.4, 0.5) is 8.78 Å². The van der Waals surface area contributed by atoms with Crippen LogP contribution in [0.2, 0.25) is 0 Å². The van der Waals surface area contributed by atoms with E-state index >= 15 is 0 Å². The van der Waals surface area contributed by atoms with Crippen molar-refractivity contribution in [2.75, 3.05) is 6.61 Å². The molecule has 0 fully saturated rings. The zero-order chi connectivity index (χ0) is 14.4. The highest BCUT2D eigenvalue weighted by atomic mass is 19.1. The Kier molecular flexibility index (Phi) is 5.23. The molecule has 104 valence electrons. The van der Waals surface area contributed by atoms with Crippen LogP contribution in [-0.4, -0.2) is 29.6 Å². The van der Waals surface area contributed by atoms with Gasteiger partial charge in [0.05, 0.1) is 0 Å². The highest BCUT2D eigenvalue weighted by molar-refractivity contribution is 5.84. The average molecular weight is 273 g/mol. The normalized spacial score (nSPS) is 11.7. The molecule has 1 unspecified atom stereocenters. The molecule has 0 aliphatic carbocycles. The Morgan fingerprint density at radius 1 is 1.42 bits per heavy atom. The third kappa shape index (κ3) is 4.53. The summed E-state index contributed by atoms with van der Waals surface area (Å²) in [5.41, 5.74) is 0. The summed E-state index contributed by atoms with van der Waals surface area (Å²) >= 11 is 0. The predicted octanol–water partition coefficient (Wildman–Crippen LogP) is 1.32. The van der Waals surface area contributed by atoms with Crippen molar-refractivity contribution < 1.29 is 28.2 Å². The van der Waals surface area contributed by atoms with E-state index in [1.165, 1.54) is 0 Å². The first-order valence-corrected chi connectivity index (χ1v) is 5.54. The van der Waals surface area contributed by atoms with Gasteiger partial charge in [-0.2, -0.15) is 0 Å². The largest absolute Gasteiger partial charge is 0.481 e. The van der Waals surface area contributed by atoms with E-state index in [9.17, 15) is 18.4 Å². The van der Waals surface area contributed by atoms with Crippen LogP contribution in [0.5, 0.6) is 5.75 Å². The number of carboxylic acid groups (broad SMARTS) is 1. The molecule has 19 heavy (non-hydrogen) atoms. The molecule has 1 aromatic carbocycles. The zero-order valence-electron chi connectivity index (χ0n) is 10.2. The van der Waals surface area contributed by atoms with Crippen molar-refractivity contribution >= 4 is 11.9 Å². The molecule has 1 atom stereocenters. The molecule has 1 aromatic rings. The third-order valence-electron chi connectivity index (χ3n) is 2.29. The summed E-state index contributed by atoms with van der Waals surface area (Å²) in [5.74, 6) is -3.83. The molecule has 0 aromatic heterocycles. The van der Waals surface area contributed by atoms with Crippen molar-refractivity contribution in [3.05, 3.63) is 29.8 Å². The van der Waals surface area contributed by atoms with Crippen LogP contribution in [0.3, 0.4) is 0 Å². The van der Waals surface area contributed by atoms with Crippen LogP contribution in [0.15, 0.2) is 18.2 Å². The van der Waals surface area contributed by atoms with Gasteiger partial charge in [-0.05, 0) is 18.6 Å². The highest BCUT2D eigenvalue weighted by Gasteiger charge is 2.18. The van der Waals surface area contributed by atoms with Gasteiger partial charge in [-0.3, -0.25) is 4.79 Å². The summed E-state index contributed by atoms with van der Waals surface area (Å²) in [6.45, 7) is 1.05. The quantitative estimate of drug-likeness (QED) is 0.819. The lowest BCUT2D eigenvalue weighted by Crippen LogP contribution is -2.42. The molecule has 1 rings (SSSR count). The maximum atomic E-state index is 13.2. The van der Waals surface area contributed by atoms with Crippen molar-refractivity contribution in [3.63, 3.8) is 0 Å². The van der Waals surface area contributed by atoms with E-state index in [0.717, 1.165) is 12.1 Å². The van der Waals surface area contributed by atoms with Crippen molar-refractivity contribution in [2.45, 2.75) is 19.4 Å². The number of aliphatic carboxylic acids is 1. The fourth-order valence-corrected chi connectivity index (χ4v) is 1.31. The van der Waals surface area contributed by atoms with Crippen LogP contribution in [0.1, 0.15) is 13.3 Å². The van der Waals surface area contributed by atoms with Gasteiger partial charge in [0.25, 0.3) is 5.91 Å². The first-order chi connectivity index (χ1) is 8.93. The minimum Gasteiger partial charge on any atom is -0.481 e. The van der Waals surface area contributed by atoms with Crippen molar-refractivity contribution in [1.82, 2.24) is 5.32 Å². The molecule has 0 saturated carbocycles. The highest BCUT2D eigenvalue weighted by Crippen LogP contribution is 2.17. The second kappa shape index (κ2) is 6.67. The number of hydrogen-bond acceptors (Lipinski definition) is 3. The molecular formula is C12H13F2NO4. The summed E-state index contributed by atoms with van der Waals surface area (Å²) in [7, 11) is 0. The molecule has 0 aliphatic heterocycles. The summed E-state index contributed by atoms with van der Waals surface area (Å²) in [6.07, 6.45) is 0.214. The van der Waals surface area contributed by atoms with Crippen molar-refractivity contribution in [3.8, 4) is 5.75 Å². The maximum Gasteiger partial charge on any atom is 0.326 e. The molecule has 0 aliphatic rings. The molecule has 0 radical (unpaired) electrons. The summed E-state index contributed by atoms with van der Waals surface area (Å²) in [4.78, 5) is 22.0. The van der Waals surface area contributed by atoms with Gasteiger partial charge in [0, 0.05) is 6.07 Å². The minimum absolute atomic E-state index is 0.214. The van der Waals surface area contributed by atoms with Crippen LogP contribution >= 0.6 is 0 Å². The molecule has 0 saturated heterocycles. The summed E-state index contributed by atoms with van der Waals surface area (Å²) < 4.78 is 30.6. The Morgan fingerprint density at radius 2 is 2.11 bits per heavy atom. The molecular weight excluding hydrogens is 260 g/mol. The van der Waals surface area contributed by atoms with Gasteiger partial charge in [0.2, 0.25) is 0 Å². The average Bonchev–Trinajstić information content (AvgIpc) is 2.34. The Morgan fingerprint density at radius 3 is 2.63 bits per heavy atom. The van der Waals surface area contributed by atoms with Gasteiger partial charge < -0.3 is 15.2 Å². The van der Waals surface area contributed by atoms with Gasteiger partial charge in [-0.15, -0.1) is 0 Å². The molecule has 0 spiro atoms. The van der Waals surface area contributed by atoms with Gasteiger partial charge in [-0.25, -0.2) is 13.6 Å². The number of nitrogens with one attached hydrogen (secondary N) is 1. The predicted molar refractivity (Wildman–Crippen MR) is 61.7 cm³/mol. The summed E-state index contributed by atoms with van der Waals surface area (Å²) in [5, 5.41) is 10.9. The number of carboxylic acids is 1. The number of benzene rings is 1. The van der Waals surface area contributed by atoms with Crippen LogP contribution in [0, 0.1) is 11.6 Å². The van der Waals surface area contributed by atoms with Gasteiger partial charge in [0.1, 0.15) is 11.9 Å². The number of halogens is 2. The Hall–Kier alpha value is -2.18. The van der Waals surface area contributed by atoms with Crippen LogP contribution < -0.4 is 10.1 Å². The van der Waals surface area contributed by atoms with E-state index < -0.39 is 36.2 Å². The van der Waals surface area contributed by atoms with Crippen molar-refractivity contribution in [1.29, 1.82) is 0 Å². The van der Waals surface area contributed by atoms with Gasteiger partial charge in [0.15, 0.2) is 18.2 Å². The lowest BCUT2D eigenvalue weighted by atomic mass is 10.2. The molecule has 0 heterocycles. The van der Waals surface area contributed by atoms with Crippen molar-refractivity contribution in [2.24, 2.45) is 0 Å². The fraction of sp³-hybridized carbons (Fsp3) is 0.333. The number of amides is 1. The number of ether oxygens (including phenoxy) is 1. The van der Waals surface area contributed by atoms with Gasteiger partial charge >= 0.3 is 5.97 Å². The smallest absolute Gasteiger partial charge is 0.326 e. The van der Waals surface area contributed by atoms with E-state index in [-0.39, 0.29) is 12.2 Å². The molecule has 7 heteroatoms. The van der Waals surface area contributed by atoms with E-state index in [1.807, 2.05) is 0 Å². The lowest BCUT2D eigenvalue weighted by Gasteiger charge is -2.12. The number of carbonyl (C=O) groups is 2. The van der Waals surface area contributed by atoms with E-state index in [4.69, 9.17) is 9.84 Å². The molecule has 1 amide bonds.